The molecule has 2 N–H and O–H groups in total. The SMILES string of the molecule is O=C(O)c1cc(-c2cc(Cl)c3c(c2)CCCC3)n[nH]1. The van der Waals surface area contributed by atoms with Crippen molar-refractivity contribution in [3.05, 3.63) is 40.0 Å². The largest absolute Gasteiger partial charge is 0.477 e. The maximum absolute atomic E-state index is 10.8. The normalized spacial score (nSPS) is 14.2. The Labute approximate surface area is 115 Å². The Balaban J connectivity index is 2.05. The molecule has 1 aromatic heterocycles. The fraction of sp³-hybridized carbons (Fsp3) is 0.286. The van der Waals surface area contributed by atoms with Crippen LogP contribution in [-0.4, -0.2) is 21.3 Å². The molecule has 1 aromatic carbocycles. The lowest BCUT2D eigenvalue weighted by molar-refractivity contribution is 0.0690. The molecule has 4 nitrogen and oxygen atoms in total. The molecule has 0 saturated carbocycles. The van der Waals surface area contributed by atoms with Crippen molar-refractivity contribution in [1.29, 1.82) is 0 Å². The molecule has 2 aromatic rings. The van der Waals surface area contributed by atoms with Gasteiger partial charge in [0.1, 0.15) is 5.69 Å². The minimum atomic E-state index is -1.01. The van der Waals surface area contributed by atoms with Gasteiger partial charge in [-0.25, -0.2) is 4.79 Å². The van der Waals surface area contributed by atoms with Crippen molar-refractivity contribution in [3.8, 4) is 11.3 Å². The molecule has 1 aliphatic carbocycles. The number of carbonyl (C=O) groups is 1. The zero-order valence-corrected chi connectivity index (χ0v) is 11.0. The third kappa shape index (κ3) is 2.24. The summed E-state index contributed by atoms with van der Waals surface area (Å²) in [7, 11) is 0. The molecule has 0 amide bonds. The average molecular weight is 277 g/mol. The van der Waals surface area contributed by atoms with E-state index in [-0.39, 0.29) is 5.69 Å². The molecule has 0 unspecified atom stereocenters. The smallest absolute Gasteiger partial charge is 0.353 e. The molecule has 0 aliphatic heterocycles. The number of hydrogen-bond acceptors (Lipinski definition) is 2. The summed E-state index contributed by atoms with van der Waals surface area (Å²) < 4.78 is 0. The molecule has 0 atom stereocenters. The van der Waals surface area contributed by atoms with Crippen LogP contribution in [0.2, 0.25) is 5.02 Å². The quantitative estimate of drug-likeness (QED) is 0.884. The van der Waals surface area contributed by atoms with Crippen molar-refractivity contribution >= 4 is 17.6 Å². The summed E-state index contributed by atoms with van der Waals surface area (Å²) in [5.74, 6) is -1.01. The van der Waals surface area contributed by atoms with Crippen molar-refractivity contribution < 1.29 is 9.90 Å². The number of aromatic carboxylic acids is 1. The molecular formula is C14H13ClN2O2. The number of fused-ring (bicyclic) bond motifs is 1. The minimum absolute atomic E-state index is 0.0869. The van der Waals surface area contributed by atoms with Crippen LogP contribution in [0, 0.1) is 0 Å². The van der Waals surface area contributed by atoms with Gasteiger partial charge in [-0.1, -0.05) is 11.6 Å². The van der Waals surface area contributed by atoms with Crippen LogP contribution in [0.15, 0.2) is 18.2 Å². The number of aromatic nitrogens is 2. The average Bonchev–Trinajstić information content (AvgIpc) is 2.88. The van der Waals surface area contributed by atoms with Gasteiger partial charge in [0.2, 0.25) is 0 Å². The second kappa shape index (κ2) is 4.70. The van der Waals surface area contributed by atoms with Crippen molar-refractivity contribution in [2.75, 3.05) is 0 Å². The number of hydrogen-bond donors (Lipinski definition) is 2. The summed E-state index contributed by atoms with van der Waals surface area (Å²) in [5, 5.41) is 16.2. The first-order valence-corrected chi connectivity index (χ1v) is 6.63. The Morgan fingerprint density at radius 3 is 2.79 bits per heavy atom. The van der Waals surface area contributed by atoms with Crippen LogP contribution in [-0.2, 0) is 12.8 Å². The monoisotopic (exact) mass is 276 g/mol. The zero-order valence-electron chi connectivity index (χ0n) is 10.2. The number of aryl methyl sites for hydroxylation is 1. The Hall–Kier alpha value is -1.81. The molecule has 98 valence electrons. The summed E-state index contributed by atoms with van der Waals surface area (Å²) in [6.07, 6.45) is 4.40. The molecule has 0 spiro atoms. The van der Waals surface area contributed by atoms with E-state index in [4.69, 9.17) is 16.7 Å². The van der Waals surface area contributed by atoms with Gasteiger partial charge in [-0.05, 0) is 55.0 Å². The molecular weight excluding hydrogens is 264 g/mol. The van der Waals surface area contributed by atoms with Crippen molar-refractivity contribution in [2.24, 2.45) is 0 Å². The first kappa shape index (κ1) is 12.2. The van der Waals surface area contributed by atoms with E-state index >= 15 is 0 Å². The van der Waals surface area contributed by atoms with E-state index in [0.29, 0.717) is 5.69 Å². The Morgan fingerprint density at radius 1 is 1.26 bits per heavy atom. The van der Waals surface area contributed by atoms with E-state index in [1.807, 2.05) is 6.07 Å². The first-order chi connectivity index (χ1) is 9.15. The van der Waals surface area contributed by atoms with E-state index in [2.05, 4.69) is 16.3 Å². The van der Waals surface area contributed by atoms with Gasteiger partial charge in [-0.15, -0.1) is 0 Å². The van der Waals surface area contributed by atoms with Crippen LogP contribution in [0.1, 0.15) is 34.5 Å². The highest BCUT2D eigenvalue weighted by Gasteiger charge is 2.16. The second-order valence-corrected chi connectivity index (χ2v) is 5.18. The molecule has 1 heterocycles. The van der Waals surface area contributed by atoms with E-state index in [1.54, 1.807) is 0 Å². The molecule has 0 saturated heterocycles. The zero-order chi connectivity index (χ0) is 13.4. The number of carboxylic acids is 1. The van der Waals surface area contributed by atoms with Gasteiger partial charge in [-0.2, -0.15) is 5.10 Å². The summed E-state index contributed by atoms with van der Waals surface area (Å²) in [6, 6.07) is 5.47. The Bertz CT molecular complexity index is 649. The van der Waals surface area contributed by atoms with E-state index in [1.165, 1.54) is 30.0 Å². The van der Waals surface area contributed by atoms with Crippen LogP contribution in [0.25, 0.3) is 11.3 Å². The number of H-pyrrole nitrogens is 1. The van der Waals surface area contributed by atoms with Gasteiger partial charge >= 0.3 is 5.97 Å². The van der Waals surface area contributed by atoms with Crippen LogP contribution < -0.4 is 0 Å². The van der Waals surface area contributed by atoms with Gasteiger partial charge in [0, 0.05) is 10.6 Å². The second-order valence-electron chi connectivity index (χ2n) is 4.77. The highest BCUT2D eigenvalue weighted by Crippen LogP contribution is 2.32. The fourth-order valence-corrected chi connectivity index (χ4v) is 2.87. The Kier molecular flexibility index (Phi) is 3.03. The van der Waals surface area contributed by atoms with Crippen molar-refractivity contribution in [3.63, 3.8) is 0 Å². The minimum Gasteiger partial charge on any atom is -0.477 e. The topological polar surface area (TPSA) is 66.0 Å². The van der Waals surface area contributed by atoms with Gasteiger partial charge in [-0.3, -0.25) is 5.10 Å². The lowest BCUT2D eigenvalue weighted by Crippen LogP contribution is -2.03. The standard InChI is InChI=1S/C14H13ClN2O2/c15-11-6-9(5-8-3-1-2-4-10(8)11)12-7-13(14(18)19)17-16-12/h5-7H,1-4H2,(H,16,17)(H,18,19). The van der Waals surface area contributed by atoms with Gasteiger partial charge in [0.15, 0.2) is 0 Å². The van der Waals surface area contributed by atoms with Crippen LogP contribution in [0.3, 0.4) is 0 Å². The predicted octanol–water partition coefficient (Wildman–Crippen LogP) is 3.31. The van der Waals surface area contributed by atoms with Crippen molar-refractivity contribution in [2.45, 2.75) is 25.7 Å². The molecule has 19 heavy (non-hydrogen) atoms. The molecule has 3 rings (SSSR count). The summed E-state index contributed by atoms with van der Waals surface area (Å²) in [6.45, 7) is 0. The Morgan fingerprint density at radius 2 is 2.05 bits per heavy atom. The lowest BCUT2D eigenvalue weighted by atomic mass is 9.90. The molecule has 1 aliphatic rings. The van der Waals surface area contributed by atoms with E-state index in [0.717, 1.165) is 23.4 Å². The maximum atomic E-state index is 10.8. The number of aromatic amines is 1. The number of rotatable bonds is 2. The third-order valence-electron chi connectivity index (χ3n) is 3.51. The third-order valence-corrected chi connectivity index (χ3v) is 3.85. The van der Waals surface area contributed by atoms with Crippen LogP contribution >= 0.6 is 11.6 Å². The highest BCUT2D eigenvalue weighted by atomic mass is 35.5. The maximum Gasteiger partial charge on any atom is 0.353 e. The number of nitrogens with one attached hydrogen (secondary N) is 1. The van der Waals surface area contributed by atoms with Crippen molar-refractivity contribution in [1.82, 2.24) is 10.2 Å². The molecule has 0 bridgehead atoms. The van der Waals surface area contributed by atoms with Gasteiger partial charge in [0.25, 0.3) is 0 Å². The van der Waals surface area contributed by atoms with Crippen LogP contribution in [0.4, 0.5) is 0 Å². The first-order valence-electron chi connectivity index (χ1n) is 6.25. The summed E-state index contributed by atoms with van der Waals surface area (Å²) >= 11 is 6.31. The number of carboxylic acid groups (broad SMARTS) is 1. The number of halogens is 1. The fourth-order valence-electron chi connectivity index (χ4n) is 2.54. The lowest BCUT2D eigenvalue weighted by Gasteiger charge is -2.17. The highest BCUT2D eigenvalue weighted by molar-refractivity contribution is 6.31. The van der Waals surface area contributed by atoms with E-state index < -0.39 is 5.97 Å². The van der Waals surface area contributed by atoms with Gasteiger partial charge in [0.05, 0.1) is 5.69 Å². The van der Waals surface area contributed by atoms with Gasteiger partial charge < -0.3 is 5.11 Å². The molecule has 0 radical (unpaired) electrons. The van der Waals surface area contributed by atoms with Crippen LogP contribution in [0.5, 0.6) is 0 Å². The van der Waals surface area contributed by atoms with E-state index in [9.17, 15) is 4.79 Å². The molecule has 0 fully saturated rings. The summed E-state index contributed by atoms with van der Waals surface area (Å²) in [5.41, 5.74) is 4.06. The summed E-state index contributed by atoms with van der Waals surface area (Å²) in [4.78, 5) is 10.8. The number of nitrogens with zero attached hydrogens (tertiary/aromatic N) is 1. The molecule has 5 heteroatoms. The number of benzene rings is 1. The predicted molar refractivity (Wildman–Crippen MR) is 72.6 cm³/mol.